The zero-order valence-electron chi connectivity index (χ0n) is 10.2. The van der Waals surface area contributed by atoms with E-state index in [1.54, 1.807) is 6.26 Å². The number of rotatable bonds is 2. The summed E-state index contributed by atoms with van der Waals surface area (Å²) in [6, 6.07) is 3.91. The van der Waals surface area contributed by atoms with Gasteiger partial charge in [-0.2, -0.15) is 0 Å². The minimum Gasteiger partial charge on any atom is -0.467 e. The van der Waals surface area contributed by atoms with Gasteiger partial charge >= 0.3 is 0 Å². The van der Waals surface area contributed by atoms with Crippen molar-refractivity contribution in [3.63, 3.8) is 0 Å². The number of nitrogens with zero attached hydrogens (tertiary/aromatic N) is 2. The number of hydrogen-bond donors (Lipinski definition) is 1. The van der Waals surface area contributed by atoms with Gasteiger partial charge in [-0.15, -0.1) is 0 Å². The van der Waals surface area contributed by atoms with E-state index in [2.05, 4.69) is 28.7 Å². The molecule has 3 heterocycles. The normalized spacial score (nSPS) is 18.0. The molecule has 3 rings (SSSR count). The van der Waals surface area contributed by atoms with Crippen molar-refractivity contribution in [2.24, 2.45) is 0 Å². The Bertz CT molecular complexity index is 511. The molecule has 0 unspecified atom stereocenters. The third-order valence-electron chi connectivity index (χ3n) is 3.34. The first kappa shape index (κ1) is 10.6. The maximum Gasteiger partial charge on any atom is 0.123 e. The first-order chi connectivity index (χ1) is 8.17. The van der Waals surface area contributed by atoms with Crippen LogP contribution in [0, 0.1) is 0 Å². The first-order valence-electron chi connectivity index (χ1n) is 5.99. The van der Waals surface area contributed by atoms with Crippen molar-refractivity contribution in [2.75, 3.05) is 6.54 Å². The predicted octanol–water partition coefficient (Wildman–Crippen LogP) is 1.91. The lowest BCUT2D eigenvalue weighted by atomic mass is 9.93. The maximum atomic E-state index is 5.40. The summed E-state index contributed by atoms with van der Waals surface area (Å²) in [5.41, 5.74) is 2.47. The summed E-state index contributed by atoms with van der Waals surface area (Å²) in [6.07, 6.45) is 4.63. The molecule has 90 valence electrons. The quantitative estimate of drug-likeness (QED) is 0.858. The molecule has 0 amide bonds. The largest absolute Gasteiger partial charge is 0.467 e. The lowest BCUT2D eigenvalue weighted by Gasteiger charge is -2.32. The molecule has 4 nitrogen and oxygen atoms in total. The number of furan rings is 1. The fourth-order valence-electron chi connectivity index (χ4n) is 2.59. The van der Waals surface area contributed by atoms with E-state index in [1.165, 1.54) is 11.4 Å². The topological polar surface area (TPSA) is 43.0 Å². The Morgan fingerprint density at radius 3 is 3.18 bits per heavy atom. The molecule has 0 saturated heterocycles. The fraction of sp³-hybridized carbons (Fsp3) is 0.462. The van der Waals surface area contributed by atoms with Crippen LogP contribution in [-0.2, 0) is 18.5 Å². The van der Waals surface area contributed by atoms with Crippen molar-refractivity contribution in [1.82, 2.24) is 14.9 Å². The minimum atomic E-state index is -0.0172. The Morgan fingerprint density at radius 1 is 1.53 bits per heavy atom. The van der Waals surface area contributed by atoms with Crippen molar-refractivity contribution in [3.8, 4) is 0 Å². The highest BCUT2D eigenvalue weighted by molar-refractivity contribution is 5.25. The first-order valence-corrected chi connectivity index (χ1v) is 5.99. The van der Waals surface area contributed by atoms with Gasteiger partial charge in [-0.1, -0.05) is 0 Å². The third kappa shape index (κ3) is 1.78. The van der Waals surface area contributed by atoms with Gasteiger partial charge < -0.3 is 14.3 Å². The summed E-state index contributed by atoms with van der Waals surface area (Å²) in [4.78, 5) is 4.51. The molecule has 1 aliphatic heterocycles. The molecule has 2 aromatic rings. The summed E-state index contributed by atoms with van der Waals surface area (Å²) < 4.78 is 7.58. The Kier molecular flexibility index (Phi) is 2.33. The van der Waals surface area contributed by atoms with Gasteiger partial charge in [0.25, 0.3) is 0 Å². The number of imidazole rings is 1. The third-order valence-corrected chi connectivity index (χ3v) is 3.34. The van der Waals surface area contributed by atoms with E-state index < -0.39 is 0 Å². The zero-order valence-corrected chi connectivity index (χ0v) is 10.2. The molecule has 1 aliphatic rings. The summed E-state index contributed by atoms with van der Waals surface area (Å²) in [5.74, 6) is 0.964. The summed E-state index contributed by atoms with van der Waals surface area (Å²) in [5, 5.41) is 3.53. The molecule has 0 radical (unpaired) electrons. The Morgan fingerprint density at radius 2 is 2.41 bits per heavy atom. The molecular weight excluding hydrogens is 214 g/mol. The van der Waals surface area contributed by atoms with Gasteiger partial charge in [-0.05, 0) is 26.0 Å². The Labute approximate surface area is 101 Å². The number of aromatic nitrogens is 2. The lowest BCUT2D eigenvalue weighted by Crippen LogP contribution is -2.44. The van der Waals surface area contributed by atoms with E-state index >= 15 is 0 Å². The fourth-order valence-corrected chi connectivity index (χ4v) is 2.59. The van der Waals surface area contributed by atoms with Crippen LogP contribution in [0.2, 0.25) is 0 Å². The Hall–Kier alpha value is -1.55. The molecule has 0 bridgehead atoms. The van der Waals surface area contributed by atoms with E-state index in [0.717, 1.165) is 25.3 Å². The van der Waals surface area contributed by atoms with Crippen LogP contribution in [0.15, 0.2) is 29.1 Å². The highest BCUT2D eigenvalue weighted by Gasteiger charge is 2.31. The molecule has 0 saturated carbocycles. The van der Waals surface area contributed by atoms with Gasteiger partial charge in [0.05, 0.1) is 36.1 Å². The molecule has 0 spiro atoms. The van der Waals surface area contributed by atoms with Crippen LogP contribution >= 0.6 is 0 Å². The number of nitrogens with one attached hydrogen (secondary N) is 1. The highest BCUT2D eigenvalue weighted by Crippen LogP contribution is 2.27. The van der Waals surface area contributed by atoms with Crippen LogP contribution in [0.3, 0.4) is 0 Å². The number of fused-ring (bicyclic) bond motifs is 1. The summed E-state index contributed by atoms with van der Waals surface area (Å²) >= 11 is 0. The van der Waals surface area contributed by atoms with Crippen LogP contribution in [0.4, 0.5) is 0 Å². The van der Waals surface area contributed by atoms with Gasteiger partial charge in [0.15, 0.2) is 0 Å². The SMILES string of the molecule is CC1(C)NCCc2ncn(Cc3ccco3)c21. The second-order valence-electron chi connectivity index (χ2n) is 5.05. The van der Waals surface area contributed by atoms with Gasteiger partial charge in [0, 0.05) is 13.0 Å². The zero-order chi connectivity index (χ0) is 11.9. The van der Waals surface area contributed by atoms with Gasteiger partial charge in [-0.25, -0.2) is 4.98 Å². The second-order valence-corrected chi connectivity index (χ2v) is 5.05. The van der Waals surface area contributed by atoms with Gasteiger partial charge in [-0.3, -0.25) is 0 Å². The smallest absolute Gasteiger partial charge is 0.123 e. The van der Waals surface area contributed by atoms with Crippen molar-refractivity contribution in [2.45, 2.75) is 32.4 Å². The van der Waals surface area contributed by atoms with Gasteiger partial charge in [0.2, 0.25) is 0 Å². The van der Waals surface area contributed by atoms with Crippen molar-refractivity contribution >= 4 is 0 Å². The van der Waals surface area contributed by atoms with E-state index in [9.17, 15) is 0 Å². The van der Waals surface area contributed by atoms with E-state index in [0.29, 0.717) is 0 Å². The monoisotopic (exact) mass is 231 g/mol. The van der Waals surface area contributed by atoms with Gasteiger partial charge in [0.1, 0.15) is 5.76 Å². The molecule has 17 heavy (non-hydrogen) atoms. The summed E-state index contributed by atoms with van der Waals surface area (Å²) in [7, 11) is 0. The van der Waals surface area contributed by atoms with Crippen LogP contribution in [0.1, 0.15) is 31.0 Å². The molecule has 4 heteroatoms. The molecule has 1 N–H and O–H groups in total. The van der Waals surface area contributed by atoms with Crippen molar-refractivity contribution < 1.29 is 4.42 Å². The summed E-state index contributed by atoms with van der Waals surface area (Å²) in [6.45, 7) is 6.15. The highest BCUT2D eigenvalue weighted by atomic mass is 16.3. The van der Waals surface area contributed by atoms with Crippen LogP contribution < -0.4 is 5.32 Å². The standard InChI is InChI=1S/C13H17N3O/c1-13(2)12-11(5-6-15-13)14-9-16(12)8-10-4-3-7-17-10/h3-4,7,9,15H,5-6,8H2,1-2H3. The average Bonchev–Trinajstić information content (AvgIpc) is 2.88. The van der Waals surface area contributed by atoms with Crippen LogP contribution in [0.25, 0.3) is 0 Å². The van der Waals surface area contributed by atoms with E-state index in [-0.39, 0.29) is 5.54 Å². The molecule has 0 aromatic carbocycles. The second kappa shape index (κ2) is 3.74. The van der Waals surface area contributed by atoms with E-state index in [4.69, 9.17) is 4.42 Å². The van der Waals surface area contributed by atoms with Crippen LogP contribution in [-0.4, -0.2) is 16.1 Å². The predicted molar refractivity (Wildman–Crippen MR) is 64.8 cm³/mol. The van der Waals surface area contributed by atoms with Crippen molar-refractivity contribution in [3.05, 3.63) is 41.9 Å². The van der Waals surface area contributed by atoms with Crippen molar-refractivity contribution in [1.29, 1.82) is 0 Å². The lowest BCUT2D eigenvalue weighted by molar-refractivity contribution is 0.352. The number of hydrogen-bond acceptors (Lipinski definition) is 3. The average molecular weight is 231 g/mol. The maximum absolute atomic E-state index is 5.40. The minimum absolute atomic E-state index is 0.0172. The molecule has 0 fully saturated rings. The Balaban J connectivity index is 1.99. The molecule has 0 aliphatic carbocycles. The molecule has 2 aromatic heterocycles. The van der Waals surface area contributed by atoms with Crippen LogP contribution in [0.5, 0.6) is 0 Å². The molecule has 0 atom stereocenters. The van der Waals surface area contributed by atoms with E-state index in [1.807, 2.05) is 18.5 Å². The molecular formula is C13H17N3O.